The maximum atomic E-state index is 10.3. The molecule has 0 aliphatic carbocycles. The van der Waals surface area contributed by atoms with E-state index >= 15 is 0 Å². The van der Waals surface area contributed by atoms with Crippen LogP contribution in [-0.4, -0.2) is 48.8 Å². The summed E-state index contributed by atoms with van der Waals surface area (Å²) in [5, 5.41) is 8.52. The summed E-state index contributed by atoms with van der Waals surface area (Å²) >= 11 is 0. The van der Waals surface area contributed by atoms with Crippen molar-refractivity contribution < 1.29 is 14.6 Å². The molecular formula is C16H31NO3. The largest absolute Gasteiger partial charge is 0.481 e. The minimum atomic E-state index is -0.662. The standard InChI is InChI=1S/C16H31NO3/c18-16(19)10-8-6-4-2-1-3-5-7-9-11-17-12-14-20-15-13-17/h1-15H2,(H,18,19). The minimum Gasteiger partial charge on any atom is -0.481 e. The van der Waals surface area contributed by atoms with Crippen LogP contribution >= 0.6 is 0 Å². The molecule has 1 rings (SSSR count). The third-order valence-corrected chi connectivity index (χ3v) is 3.97. The second-order valence-electron chi connectivity index (χ2n) is 5.78. The van der Waals surface area contributed by atoms with Gasteiger partial charge in [0.1, 0.15) is 0 Å². The Balaban J connectivity index is 1.73. The van der Waals surface area contributed by atoms with Crippen LogP contribution in [0.2, 0.25) is 0 Å². The van der Waals surface area contributed by atoms with Gasteiger partial charge in [0, 0.05) is 19.5 Å². The summed E-state index contributed by atoms with van der Waals surface area (Å²) in [5.74, 6) is -0.662. The zero-order valence-electron chi connectivity index (χ0n) is 12.8. The van der Waals surface area contributed by atoms with E-state index in [1.807, 2.05) is 0 Å². The fraction of sp³-hybridized carbons (Fsp3) is 0.938. The lowest BCUT2D eigenvalue weighted by Crippen LogP contribution is -2.36. The molecule has 0 spiro atoms. The quantitative estimate of drug-likeness (QED) is 0.559. The molecule has 1 aliphatic rings. The van der Waals surface area contributed by atoms with Gasteiger partial charge in [0.05, 0.1) is 13.2 Å². The normalized spacial score (nSPS) is 16.4. The number of carboxylic acids is 1. The molecule has 0 amide bonds. The van der Waals surface area contributed by atoms with Gasteiger partial charge < -0.3 is 9.84 Å². The highest BCUT2D eigenvalue weighted by molar-refractivity contribution is 5.66. The summed E-state index contributed by atoms with van der Waals surface area (Å²) in [6.45, 7) is 5.26. The molecule has 0 aromatic heterocycles. The van der Waals surface area contributed by atoms with Gasteiger partial charge in [-0.15, -0.1) is 0 Å². The number of carbonyl (C=O) groups is 1. The van der Waals surface area contributed by atoms with Crippen molar-refractivity contribution in [3.05, 3.63) is 0 Å². The third kappa shape index (κ3) is 10.2. The lowest BCUT2D eigenvalue weighted by atomic mass is 10.1. The number of aliphatic carboxylic acids is 1. The molecular weight excluding hydrogens is 254 g/mol. The van der Waals surface area contributed by atoms with Gasteiger partial charge in [-0.05, 0) is 19.4 Å². The molecule has 1 fully saturated rings. The van der Waals surface area contributed by atoms with Crippen LogP contribution in [0.4, 0.5) is 0 Å². The van der Waals surface area contributed by atoms with Crippen molar-refractivity contribution in [3.63, 3.8) is 0 Å². The summed E-state index contributed by atoms with van der Waals surface area (Å²) in [4.78, 5) is 12.8. The van der Waals surface area contributed by atoms with Crippen LogP contribution in [-0.2, 0) is 9.53 Å². The first-order valence-corrected chi connectivity index (χ1v) is 8.31. The monoisotopic (exact) mass is 285 g/mol. The molecule has 1 N–H and O–H groups in total. The Bertz CT molecular complexity index is 240. The number of hydrogen-bond donors (Lipinski definition) is 1. The van der Waals surface area contributed by atoms with E-state index in [2.05, 4.69) is 4.90 Å². The van der Waals surface area contributed by atoms with Gasteiger partial charge in [0.2, 0.25) is 0 Å². The van der Waals surface area contributed by atoms with Crippen LogP contribution in [0, 0.1) is 0 Å². The molecule has 0 aromatic carbocycles. The molecule has 0 atom stereocenters. The Morgan fingerprint density at radius 3 is 1.90 bits per heavy atom. The number of carboxylic acid groups (broad SMARTS) is 1. The second kappa shape index (κ2) is 12.2. The number of morpholine rings is 1. The first kappa shape index (κ1) is 17.4. The Morgan fingerprint density at radius 1 is 0.850 bits per heavy atom. The van der Waals surface area contributed by atoms with Crippen LogP contribution in [0.3, 0.4) is 0 Å². The number of hydrogen-bond acceptors (Lipinski definition) is 3. The molecule has 0 unspecified atom stereocenters. The second-order valence-corrected chi connectivity index (χ2v) is 5.78. The minimum absolute atomic E-state index is 0.335. The predicted molar refractivity (Wildman–Crippen MR) is 81.1 cm³/mol. The average Bonchev–Trinajstić information content (AvgIpc) is 2.45. The molecule has 0 aromatic rings. The van der Waals surface area contributed by atoms with Crippen LogP contribution in [0.15, 0.2) is 0 Å². The lowest BCUT2D eigenvalue weighted by molar-refractivity contribution is -0.137. The number of rotatable bonds is 12. The van der Waals surface area contributed by atoms with Gasteiger partial charge in [-0.1, -0.05) is 44.9 Å². The van der Waals surface area contributed by atoms with E-state index in [0.717, 1.165) is 39.1 Å². The van der Waals surface area contributed by atoms with E-state index in [1.165, 1.54) is 51.5 Å². The van der Waals surface area contributed by atoms with Gasteiger partial charge in [0.15, 0.2) is 0 Å². The van der Waals surface area contributed by atoms with Crippen molar-refractivity contribution in [1.82, 2.24) is 4.90 Å². The van der Waals surface area contributed by atoms with Gasteiger partial charge in [-0.3, -0.25) is 9.69 Å². The van der Waals surface area contributed by atoms with Gasteiger partial charge in [-0.2, -0.15) is 0 Å². The molecule has 118 valence electrons. The molecule has 4 heteroatoms. The van der Waals surface area contributed by atoms with E-state index in [9.17, 15) is 4.79 Å². The first-order chi connectivity index (χ1) is 9.79. The Morgan fingerprint density at radius 2 is 1.35 bits per heavy atom. The van der Waals surface area contributed by atoms with Crippen molar-refractivity contribution in [1.29, 1.82) is 0 Å². The number of ether oxygens (including phenoxy) is 1. The highest BCUT2D eigenvalue weighted by Crippen LogP contribution is 2.11. The zero-order valence-corrected chi connectivity index (χ0v) is 12.8. The summed E-state index contributed by atoms with van der Waals surface area (Å²) in [5.41, 5.74) is 0. The fourth-order valence-corrected chi connectivity index (χ4v) is 2.67. The van der Waals surface area contributed by atoms with Gasteiger partial charge >= 0.3 is 5.97 Å². The van der Waals surface area contributed by atoms with Crippen molar-refractivity contribution in [2.45, 2.75) is 64.2 Å². The Labute approximate surface area is 123 Å². The van der Waals surface area contributed by atoms with Gasteiger partial charge in [0.25, 0.3) is 0 Å². The molecule has 1 saturated heterocycles. The van der Waals surface area contributed by atoms with E-state index in [0.29, 0.717) is 6.42 Å². The third-order valence-electron chi connectivity index (χ3n) is 3.97. The number of unbranched alkanes of at least 4 members (excludes halogenated alkanes) is 8. The van der Waals surface area contributed by atoms with Crippen molar-refractivity contribution in [2.75, 3.05) is 32.8 Å². The molecule has 0 saturated carbocycles. The number of nitrogens with zero attached hydrogens (tertiary/aromatic N) is 1. The molecule has 1 aliphatic heterocycles. The maximum Gasteiger partial charge on any atom is 0.303 e. The zero-order chi connectivity index (χ0) is 14.5. The van der Waals surface area contributed by atoms with E-state index in [-0.39, 0.29) is 0 Å². The van der Waals surface area contributed by atoms with E-state index < -0.39 is 5.97 Å². The van der Waals surface area contributed by atoms with Crippen LogP contribution in [0.5, 0.6) is 0 Å². The smallest absolute Gasteiger partial charge is 0.303 e. The molecule has 0 bridgehead atoms. The summed E-state index contributed by atoms with van der Waals surface area (Å²) in [6, 6.07) is 0. The Kier molecular flexibility index (Phi) is 10.6. The molecule has 4 nitrogen and oxygen atoms in total. The summed E-state index contributed by atoms with van der Waals surface area (Å²) in [7, 11) is 0. The topological polar surface area (TPSA) is 49.8 Å². The molecule has 20 heavy (non-hydrogen) atoms. The molecule has 1 heterocycles. The maximum absolute atomic E-state index is 10.3. The average molecular weight is 285 g/mol. The predicted octanol–water partition coefficient (Wildman–Crippen LogP) is 3.30. The van der Waals surface area contributed by atoms with Gasteiger partial charge in [-0.25, -0.2) is 0 Å². The van der Waals surface area contributed by atoms with Crippen molar-refractivity contribution >= 4 is 5.97 Å². The SMILES string of the molecule is O=C(O)CCCCCCCCCCCN1CCOCC1. The van der Waals surface area contributed by atoms with Crippen LogP contribution in [0.25, 0.3) is 0 Å². The van der Waals surface area contributed by atoms with E-state index in [1.54, 1.807) is 0 Å². The summed E-state index contributed by atoms with van der Waals surface area (Å²) in [6.07, 6.45) is 11.4. The van der Waals surface area contributed by atoms with E-state index in [4.69, 9.17) is 9.84 Å². The van der Waals surface area contributed by atoms with Crippen LogP contribution in [0.1, 0.15) is 64.2 Å². The Hall–Kier alpha value is -0.610. The fourth-order valence-electron chi connectivity index (χ4n) is 2.67. The van der Waals surface area contributed by atoms with Crippen molar-refractivity contribution in [2.24, 2.45) is 0 Å². The first-order valence-electron chi connectivity index (χ1n) is 8.31. The van der Waals surface area contributed by atoms with Crippen LogP contribution < -0.4 is 0 Å². The molecule has 0 radical (unpaired) electrons. The highest BCUT2D eigenvalue weighted by Gasteiger charge is 2.08. The lowest BCUT2D eigenvalue weighted by Gasteiger charge is -2.26. The highest BCUT2D eigenvalue weighted by atomic mass is 16.5. The summed E-state index contributed by atoms with van der Waals surface area (Å²) < 4.78 is 5.34. The van der Waals surface area contributed by atoms with Crippen molar-refractivity contribution in [3.8, 4) is 0 Å².